The van der Waals surface area contributed by atoms with Crippen LogP contribution in [0.2, 0.25) is 0 Å². The maximum Gasteiger partial charge on any atom is 0.420 e. The van der Waals surface area contributed by atoms with Crippen molar-refractivity contribution in [2.75, 3.05) is 10.6 Å². The molecule has 2 amide bonds. The van der Waals surface area contributed by atoms with Gasteiger partial charge in [-0.25, -0.2) is 9.78 Å². The number of nitrogens with one attached hydrogen (secondary N) is 2. The van der Waals surface area contributed by atoms with Crippen molar-refractivity contribution >= 4 is 45.1 Å². The summed E-state index contributed by atoms with van der Waals surface area (Å²) in [5, 5.41) is 7.90. The molecule has 2 aromatic carbocycles. The molecule has 0 radical (unpaired) electrons. The Labute approximate surface area is 174 Å². The summed E-state index contributed by atoms with van der Waals surface area (Å²) in [5.74, 6) is -0.913. The maximum absolute atomic E-state index is 12.5. The van der Waals surface area contributed by atoms with E-state index in [1.165, 1.54) is 15.9 Å². The molecule has 0 spiro atoms. The molecule has 0 bridgehead atoms. The Morgan fingerprint density at radius 1 is 1.20 bits per heavy atom. The van der Waals surface area contributed by atoms with E-state index in [-0.39, 0.29) is 18.4 Å². The monoisotopic (exact) mass is 420 g/mol. The third-order valence-electron chi connectivity index (χ3n) is 4.92. The second kappa shape index (κ2) is 7.27. The first-order valence-corrected chi connectivity index (χ1v) is 10.2. The molecule has 0 unspecified atom stereocenters. The lowest BCUT2D eigenvalue weighted by molar-refractivity contribution is -0.117. The van der Waals surface area contributed by atoms with E-state index in [0.717, 1.165) is 22.5 Å². The van der Waals surface area contributed by atoms with Crippen molar-refractivity contribution in [3.63, 3.8) is 0 Å². The van der Waals surface area contributed by atoms with Crippen LogP contribution in [0.25, 0.3) is 22.4 Å². The van der Waals surface area contributed by atoms with Crippen molar-refractivity contribution in [2.45, 2.75) is 19.4 Å². The third-order valence-corrected chi connectivity index (χ3v) is 5.68. The van der Waals surface area contributed by atoms with Gasteiger partial charge >= 0.3 is 5.76 Å². The quantitative estimate of drug-likeness (QED) is 0.527. The Morgan fingerprint density at radius 2 is 2.07 bits per heavy atom. The van der Waals surface area contributed by atoms with Gasteiger partial charge in [-0.2, -0.15) is 0 Å². The Bertz CT molecular complexity index is 1350. The lowest BCUT2D eigenvalue weighted by Crippen LogP contribution is -2.24. The molecule has 8 nitrogen and oxygen atoms in total. The van der Waals surface area contributed by atoms with Gasteiger partial charge < -0.3 is 15.1 Å². The number of hydrogen-bond acceptors (Lipinski definition) is 6. The van der Waals surface area contributed by atoms with Crippen LogP contribution in [-0.2, 0) is 22.6 Å². The average molecular weight is 420 g/mol. The van der Waals surface area contributed by atoms with Crippen molar-refractivity contribution in [1.29, 1.82) is 0 Å². The SMILES string of the molecule is O=C(Cn1c(=O)oc2ccccc21)Nc1nc(-c2ccc3c(c2)CCC(=O)N3)cs1. The largest absolute Gasteiger partial charge is 0.420 e. The summed E-state index contributed by atoms with van der Waals surface area (Å²) >= 11 is 1.31. The highest BCUT2D eigenvalue weighted by Gasteiger charge is 2.17. The summed E-state index contributed by atoms with van der Waals surface area (Å²) in [5.41, 5.74) is 4.56. The predicted molar refractivity (Wildman–Crippen MR) is 114 cm³/mol. The molecule has 1 aliphatic heterocycles. The first kappa shape index (κ1) is 18.3. The van der Waals surface area contributed by atoms with Gasteiger partial charge in [0.05, 0.1) is 11.2 Å². The Kier molecular flexibility index (Phi) is 4.44. The second-order valence-corrected chi connectivity index (χ2v) is 7.79. The summed E-state index contributed by atoms with van der Waals surface area (Å²) in [6.45, 7) is -0.163. The summed E-state index contributed by atoms with van der Waals surface area (Å²) in [7, 11) is 0. The van der Waals surface area contributed by atoms with Crippen molar-refractivity contribution in [3.8, 4) is 11.3 Å². The molecule has 0 saturated carbocycles. The number of benzene rings is 2. The number of amides is 2. The molecule has 2 N–H and O–H groups in total. The van der Waals surface area contributed by atoms with Crippen molar-refractivity contribution < 1.29 is 14.0 Å². The number of fused-ring (bicyclic) bond motifs is 2. The first-order valence-electron chi connectivity index (χ1n) is 9.34. The molecule has 150 valence electrons. The highest BCUT2D eigenvalue weighted by molar-refractivity contribution is 7.14. The Morgan fingerprint density at radius 3 is 2.97 bits per heavy atom. The van der Waals surface area contributed by atoms with Crippen molar-refractivity contribution in [3.05, 3.63) is 64.0 Å². The summed E-state index contributed by atoms with van der Waals surface area (Å²) in [6.07, 6.45) is 1.16. The molecule has 9 heteroatoms. The van der Waals surface area contributed by atoms with Crippen LogP contribution in [0.15, 0.2) is 57.1 Å². The first-order chi connectivity index (χ1) is 14.6. The number of aromatic nitrogens is 2. The average Bonchev–Trinajstić information content (AvgIpc) is 3.32. The molecule has 0 aliphatic carbocycles. The fourth-order valence-corrected chi connectivity index (χ4v) is 4.21. The normalized spacial score (nSPS) is 13.1. The summed E-state index contributed by atoms with van der Waals surface area (Å²) in [6, 6.07) is 12.7. The van der Waals surface area contributed by atoms with Crippen LogP contribution < -0.4 is 16.4 Å². The van der Waals surface area contributed by atoms with Crippen LogP contribution in [0, 0.1) is 0 Å². The Balaban J connectivity index is 1.32. The lowest BCUT2D eigenvalue weighted by Gasteiger charge is -2.17. The van der Waals surface area contributed by atoms with Gasteiger partial charge in [-0.3, -0.25) is 14.2 Å². The number of para-hydroxylation sites is 2. The number of thiazole rings is 1. The van der Waals surface area contributed by atoms with E-state index in [0.29, 0.717) is 29.1 Å². The highest BCUT2D eigenvalue weighted by Crippen LogP contribution is 2.30. The number of rotatable bonds is 4. The van der Waals surface area contributed by atoms with Crippen molar-refractivity contribution in [1.82, 2.24) is 9.55 Å². The van der Waals surface area contributed by atoms with Gasteiger partial charge in [0, 0.05) is 23.1 Å². The molecular weight excluding hydrogens is 404 g/mol. The van der Waals surface area contributed by atoms with Gasteiger partial charge in [-0.05, 0) is 36.2 Å². The predicted octanol–water partition coefficient (Wildman–Crippen LogP) is 3.24. The van der Waals surface area contributed by atoms with E-state index in [2.05, 4.69) is 15.6 Å². The van der Waals surface area contributed by atoms with Gasteiger partial charge in [-0.1, -0.05) is 18.2 Å². The second-order valence-electron chi connectivity index (χ2n) is 6.93. The van der Waals surface area contributed by atoms with Crippen molar-refractivity contribution in [2.24, 2.45) is 0 Å². The molecule has 1 aliphatic rings. The number of hydrogen-bond donors (Lipinski definition) is 2. The van der Waals surface area contributed by atoms with Crippen LogP contribution >= 0.6 is 11.3 Å². The fraction of sp³-hybridized carbons (Fsp3) is 0.143. The molecule has 2 aromatic heterocycles. The van der Waals surface area contributed by atoms with Crippen LogP contribution in [0.1, 0.15) is 12.0 Å². The number of anilines is 2. The minimum absolute atomic E-state index is 0.0263. The zero-order valence-corrected chi connectivity index (χ0v) is 16.5. The standard InChI is InChI=1S/C21H16N4O4S/c26-18-8-6-12-9-13(5-7-14(12)22-18)15-11-30-20(23-15)24-19(27)10-25-16-3-1-2-4-17(16)29-21(25)28/h1-5,7,9,11H,6,8,10H2,(H,22,26)(H,23,24,27). The number of nitrogens with zero attached hydrogens (tertiary/aromatic N) is 2. The van der Waals surface area contributed by atoms with Crippen LogP contribution in [0.4, 0.5) is 10.8 Å². The van der Waals surface area contributed by atoms with Crippen LogP contribution in [0.5, 0.6) is 0 Å². The van der Waals surface area contributed by atoms with E-state index in [1.54, 1.807) is 24.3 Å². The summed E-state index contributed by atoms with van der Waals surface area (Å²) in [4.78, 5) is 40.5. The van der Waals surface area contributed by atoms with Crippen LogP contribution in [0.3, 0.4) is 0 Å². The molecule has 4 aromatic rings. The molecule has 3 heterocycles. The van der Waals surface area contributed by atoms with Gasteiger partial charge in [0.2, 0.25) is 11.8 Å². The van der Waals surface area contributed by atoms with E-state index in [1.807, 2.05) is 23.6 Å². The van der Waals surface area contributed by atoms with Gasteiger partial charge in [-0.15, -0.1) is 11.3 Å². The van der Waals surface area contributed by atoms with E-state index in [4.69, 9.17) is 4.42 Å². The van der Waals surface area contributed by atoms with Gasteiger partial charge in [0.1, 0.15) is 6.54 Å². The minimum Gasteiger partial charge on any atom is -0.408 e. The lowest BCUT2D eigenvalue weighted by atomic mass is 9.99. The van der Waals surface area contributed by atoms with E-state index in [9.17, 15) is 14.4 Å². The topological polar surface area (TPSA) is 106 Å². The zero-order valence-electron chi connectivity index (χ0n) is 15.7. The zero-order chi connectivity index (χ0) is 20.7. The fourth-order valence-electron chi connectivity index (χ4n) is 3.47. The van der Waals surface area contributed by atoms with E-state index < -0.39 is 5.76 Å². The van der Waals surface area contributed by atoms with Gasteiger partial charge in [0.15, 0.2) is 10.7 Å². The number of carbonyl (C=O) groups is 2. The molecule has 5 rings (SSSR count). The number of carbonyl (C=O) groups excluding carboxylic acids is 2. The third kappa shape index (κ3) is 3.39. The molecule has 0 fully saturated rings. The highest BCUT2D eigenvalue weighted by atomic mass is 32.1. The molecule has 0 atom stereocenters. The summed E-state index contributed by atoms with van der Waals surface area (Å²) < 4.78 is 6.44. The maximum atomic E-state index is 12.5. The van der Waals surface area contributed by atoms with Gasteiger partial charge in [0.25, 0.3) is 0 Å². The molecular formula is C21H16N4O4S. The Hall–Kier alpha value is -3.72. The van der Waals surface area contributed by atoms with Crippen LogP contribution in [-0.4, -0.2) is 21.4 Å². The molecule has 0 saturated heterocycles. The number of aryl methyl sites for hydroxylation is 1. The number of oxazole rings is 1. The van der Waals surface area contributed by atoms with E-state index >= 15 is 0 Å². The minimum atomic E-state index is -0.577. The molecule has 30 heavy (non-hydrogen) atoms. The smallest absolute Gasteiger partial charge is 0.408 e.